The van der Waals surface area contributed by atoms with E-state index >= 15 is 17.6 Å². The van der Waals surface area contributed by atoms with Crippen molar-refractivity contribution in [3.63, 3.8) is 0 Å². The summed E-state index contributed by atoms with van der Waals surface area (Å²) in [5.74, 6) is -86.5. The summed E-state index contributed by atoms with van der Waals surface area (Å²) in [5.41, 5.74) is -8.95. The Hall–Kier alpha value is -3.28. The van der Waals surface area contributed by atoms with Gasteiger partial charge in [0.1, 0.15) is 0 Å². The van der Waals surface area contributed by atoms with Gasteiger partial charge in [-0.1, -0.05) is 20.8 Å². The second kappa shape index (κ2) is 15.1. The third-order valence-corrected chi connectivity index (χ3v) is 8.46. The van der Waals surface area contributed by atoms with Crippen LogP contribution in [-0.4, -0.2) is 106 Å². The molecule has 1 unspecified atom stereocenters. The molecule has 0 aromatic carbocycles. The van der Waals surface area contributed by atoms with Gasteiger partial charge in [-0.2, -0.15) is 114 Å². The van der Waals surface area contributed by atoms with Crippen LogP contribution in [0, 0.1) is 11.3 Å². The standard InChI is InChI=1S/C25H24F26N2O4/c1-9(4-5-52-10(54)55)6-12(2,3)13(53-11(56)57,7-14(26,27)16(30,31)18(34,35)20(38,39)22(42,43)24(46,47)48)8-15(28,29)17(32,33)19(36,37)21(40,41)23(44,45)25(49,50)51/h9,52-53H,4-8H2,1-3H3,(H,54,55)(H,56,57). The first-order valence-electron chi connectivity index (χ1n) is 14.3. The first-order valence-corrected chi connectivity index (χ1v) is 14.3. The Kier molecular flexibility index (Phi) is 14.2. The third-order valence-electron chi connectivity index (χ3n) is 8.46. The quantitative estimate of drug-likeness (QED) is 0.0971. The van der Waals surface area contributed by atoms with Gasteiger partial charge in [0, 0.05) is 19.4 Å². The normalized spacial score (nSPS) is 16.4. The first kappa shape index (κ1) is 53.7. The Morgan fingerprint density at radius 1 is 0.474 bits per heavy atom. The van der Waals surface area contributed by atoms with E-state index in [-0.39, 0.29) is 19.2 Å². The van der Waals surface area contributed by atoms with Crippen molar-refractivity contribution in [2.45, 2.75) is 124 Å². The fourth-order valence-electron chi connectivity index (χ4n) is 5.18. The summed E-state index contributed by atoms with van der Waals surface area (Å²) in [6.45, 7) is -0.362. The van der Waals surface area contributed by atoms with E-state index < -0.39 is 133 Å². The van der Waals surface area contributed by atoms with Crippen molar-refractivity contribution in [3.8, 4) is 0 Å². The lowest BCUT2D eigenvalue weighted by Gasteiger charge is -2.52. The van der Waals surface area contributed by atoms with Gasteiger partial charge in [-0.15, -0.1) is 0 Å². The molecule has 0 aliphatic heterocycles. The summed E-state index contributed by atoms with van der Waals surface area (Å²) in [7, 11) is 0. The zero-order chi connectivity index (χ0) is 46.7. The van der Waals surface area contributed by atoms with Crippen molar-refractivity contribution >= 4 is 12.2 Å². The van der Waals surface area contributed by atoms with E-state index in [1.165, 1.54) is 5.32 Å². The topological polar surface area (TPSA) is 98.7 Å². The lowest BCUT2D eigenvalue weighted by molar-refractivity contribution is -0.444. The summed E-state index contributed by atoms with van der Waals surface area (Å²) < 4.78 is 361. The number of amides is 2. The van der Waals surface area contributed by atoms with Crippen LogP contribution in [0.1, 0.15) is 46.5 Å². The zero-order valence-electron chi connectivity index (χ0n) is 27.7. The molecule has 0 fully saturated rings. The molecule has 0 aromatic heterocycles. The van der Waals surface area contributed by atoms with Gasteiger partial charge in [0.05, 0.1) is 5.54 Å². The second-order valence-electron chi connectivity index (χ2n) is 13.1. The molecule has 0 bridgehead atoms. The highest BCUT2D eigenvalue weighted by Gasteiger charge is 2.93. The minimum absolute atomic E-state index is 0.0956. The summed E-state index contributed by atoms with van der Waals surface area (Å²) in [6, 6.07) is 0. The molecule has 0 aliphatic rings. The van der Waals surface area contributed by atoms with Gasteiger partial charge in [0.15, 0.2) is 0 Å². The molecule has 0 heterocycles. The van der Waals surface area contributed by atoms with E-state index in [0.717, 1.165) is 0 Å². The predicted octanol–water partition coefficient (Wildman–Crippen LogP) is 11.0. The van der Waals surface area contributed by atoms with Crippen molar-refractivity contribution in [2.75, 3.05) is 6.54 Å². The van der Waals surface area contributed by atoms with E-state index in [4.69, 9.17) is 5.11 Å². The highest BCUT2D eigenvalue weighted by molar-refractivity contribution is 5.66. The summed E-state index contributed by atoms with van der Waals surface area (Å²) in [4.78, 5) is 22.3. The molecule has 2 amide bonds. The Morgan fingerprint density at radius 3 is 1.00 bits per heavy atom. The molecule has 57 heavy (non-hydrogen) atoms. The van der Waals surface area contributed by atoms with E-state index in [0.29, 0.717) is 6.92 Å². The van der Waals surface area contributed by atoms with Gasteiger partial charge in [0.25, 0.3) is 0 Å². The zero-order valence-corrected chi connectivity index (χ0v) is 27.7. The number of halogens is 26. The lowest BCUT2D eigenvalue weighted by Crippen LogP contribution is -2.74. The van der Waals surface area contributed by atoms with Crippen LogP contribution in [-0.2, 0) is 0 Å². The predicted molar refractivity (Wildman–Crippen MR) is 133 cm³/mol. The second-order valence-corrected chi connectivity index (χ2v) is 13.1. The molecule has 32 heteroatoms. The monoisotopic (exact) mass is 910 g/mol. The molecule has 0 rings (SSSR count). The van der Waals surface area contributed by atoms with Crippen LogP contribution in [0.2, 0.25) is 0 Å². The molecule has 0 spiro atoms. The Morgan fingerprint density at radius 2 is 0.754 bits per heavy atom. The Labute approximate surface area is 299 Å². The average molecular weight is 910 g/mol. The Bertz CT molecular complexity index is 1360. The molecule has 0 aromatic rings. The van der Waals surface area contributed by atoms with Crippen LogP contribution < -0.4 is 10.6 Å². The maximum absolute atomic E-state index is 15.3. The molecule has 0 saturated heterocycles. The van der Waals surface area contributed by atoms with Gasteiger partial charge < -0.3 is 20.8 Å². The van der Waals surface area contributed by atoms with Crippen molar-refractivity contribution in [2.24, 2.45) is 11.3 Å². The fraction of sp³-hybridized carbons (Fsp3) is 0.920. The van der Waals surface area contributed by atoms with Gasteiger partial charge in [0.2, 0.25) is 0 Å². The molecule has 0 aliphatic carbocycles. The van der Waals surface area contributed by atoms with Gasteiger partial charge in [-0.25, -0.2) is 9.59 Å². The van der Waals surface area contributed by atoms with Crippen LogP contribution in [0.4, 0.5) is 124 Å². The van der Waals surface area contributed by atoms with E-state index in [9.17, 15) is 111 Å². The first-order chi connectivity index (χ1) is 24.4. The van der Waals surface area contributed by atoms with Crippen molar-refractivity contribution in [3.05, 3.63) is 0 Å². The minimum Gasteiger partial charge on any atom is -0.465 e. The van der Waals surface area contributed by atoms with Crippen LogP contribution in [0.25, 0.3) is 0 Å². The van der Waals surface area contributed by atoms with Gasteiger partial charge in [-0.3, -0.25) is 0 Å². The molecule has 4 N–H and O–H groups in total. The van der Waals surface area contributed by atoms with E-state index in [1.807, 2.05) is 0 Å². The molecule has 340 valence electrons. The fourth-order valence-corrected chi connectivity index (χ4v) is 5.18. The van der Waals surface area contributed by atoms with E-state index in [1.54, 1.807) is 0 Å². The molecule has 6 nitrogen and oxygen atoms in total. The van der Waals surface area contributed by atoms with Gasteiger partial charge in [-0.05, 0) is 24.2 Å². The minimum atomic E-state index is -8.82. The van der Waals surface area contributed by atoms with Crippen LogP contribution in [0.5, 0.6) is 0 Å². The Balaban J connectivity index is 8.23. The van der Waals surface area contributed by atoms with Crippen molar-refractivity contribution in [1.29, 1.82) is 0 Å². The number of hydrogen-bond acceptors (Lipinski definition) is 2. The highest BCUT2D eigenvalue weighted by Crippen LogP contribution is 2.65. The van der Waals surface area contributed by atoms with Crippen LogP contribution >= 0.6 is 0 Å². The number of nitrogens with one attached hydrogen (secondary N) is 2. The number of hydrogen-bond donors (Lipinski definition) is 4. The average Bonchev–Trinajstić information content (AvgIpc) is 2.93. The molecule has 0 radical (unpaired) electrons. The maximum Gasteiger partial charge on any atom is 0.460 e. The molecule has 0 saturated carbocycles. The summed E-state index contributed by atoms with van der Waals surface area (Å²) in [5, 5.41) is 19.5. The van der Waals surface area contributed by atoms with Gasteiger partial charge >= 0.3 is 83.8 Å². The molecule has 1 atom stereocenters. The van der Waals surface area contributed by atoms with Crippen molar-refractivity contribution < 1.29 is 134 Å². The number of carbonyl (C=O) groups is 2. The smallest absolute Gasteiger partial charge is 0.460 e. The molecular weight excluding hydrogens is 886 g/mol. The highest BCUT2D eigenvalue weighted by atomic mass is 19.4. The lowest BCUT2D eigenvalue weighted by atomic mass is 9.61. The van der Waals surface area contributed by atoms with Crippen molar-refractivity contribution in [1.82, 2.24) is 10.6 Å². The third kappa shape index (κ3) is 8.86. The number of rotatable bonds is 19. The molecular formula is C25H24F26N2O4. The SMILES string of the molecule is CC(CCNC(=O)O)CC(C)(C)C(CC(F)(F)C(F)(F)C(F)(F)C(F)(F)C(F)(F)C(F)(F)F)(CC(F)(F)C(F)(F)C(F)(F)C(F)(F)C(F)(F)C(F)(F)F)NC(=O)O. The number of alkyl halides is 26. The number of carboxylic acid groups (broad SMARTS) is 2. The maximum atomic E-state index is 15.3. The summed E-state index contributed by atoms with van der Waals surface area (Å²) in [6.07, 6.45) is -32.5. The van der Waals surface area contributed by atoms with E-state index in [2.05, 4.69) is 0 Å². The van der Waals surface area contributed by atoms with Crippen LogP contribution in [0.3, 0.4) is 0 Å². The summed E-state index contributed by atoms with van der Waals surface area (Å²) >= 11 is 0. The van der Waals surface area contributed by atoms with Crippen LogP contribution in [0.15, 0.2) is 0 Å². The largest absolute Gasteiger partial charge is 0.465 e.